The van der Waals surface area contributed by atoms with E-state index >= 15 is 0 Å². The van der Waals surface area contributed by atoms with Crippen molar-refractivity contribution >= 4 is 49.6 Å². The van der Waals surface area contributed by atoms with Gasteiger partial charge in [0.1, 0.15) is 11.2 Å². The fourth-order valence-corrected chi connectivity index (χ4v) is 8.17. The Kier molecular flexibility index (Phi) is 5.47. The van der Waals surface area contributed by atoms with Crippen LogP contribution in [0.1, 0.15) is 17.5 Å². The number of nitrogens with zero attached hydrogens (tertiary/aromatic N) is 3. The molecule has 7 aromatic carbocycles. The molecule has 0 N–H and O–H groups in total. The van der Waals surface area contributed by atoms with Gasteiger partial charge in [0, 0.05) is 38.2 Å². The molecule has 4 heteroatoms. The molecule has 0 atom stereocenters. The zero-order valence-electron chi connectivity index (χ0n) is 26.4. The Labute approximate surface area is 282 Å². The van der Waals surface area contributed by atoms with E-state index in [1.165, 1.54) is 49.5 Å². The van der Waals surface area contributed by atoms with Crippen molar-refractivity contribution in [2.45, 2.75) is 12.8 Å². The smallest absolute Gasteiger partial charge is 0.164 e. The van der Waals surface area contributed by atoms with Gasteiger partial charge in [-0.15, -0.1) is 0 Å². The summed E-state index contributed by atoms with van der Waals surface area (Å²) in [6.07, 6.45) is 6.47. The molecule has 2 aliphatic rings. The van der Waals surface area contributed by atoms with Gasteiger partial charge in [0.25, 0.3) is 0 Å². The highest BCUT2D eigenvalue weighted by Gasteiger charge is 2.26. The number of hydrogen-bond donors (Lipinski definition) is 0. The zero-order valence-corrected chi connectivity index (χ0v) is 26.4. The third kappa shape index (κ3) is 3.83. The van der Waals surface area contributed by atoms with E-state index in [4.69, 9.17) is 19.4 Å². The molecule has 0 unspecified atom stereocenters. The summed E-state index contributed by atoms with van der Waals surface area (Å²) in [7, 11) is 0. The van der Waals surface area contributed by atoms with E-state index in [9.17, 15) is 0 Å². The molecule has 2 heterocycles. The largest absolute Gasteiger partial charge is 0.455 e. The molecule has 0 saturated heterocycles. The SMILES string of the molecule is C1=Cc2c(c(-c3nc(-c4ccccc4)nc(-c4cccc5oc6c7cccc8c7c(cc6c45)-c4ccccc4-8)n3)cc3ccccc23)CC1. The molecule has 0 saturated carbocycles. The van der Waals surface area contributed by atoms with E-state index in [0.29, 0.717) is 17.5 Å². The van der Waals surface area contributed by atoms with Crippen LogP contribution >= 0.6 is 0 Å². The Bertz CT molecular complexity index is 2880. The maximum Gasteiger partial charge on any atom is 0.164 e. The molecule has 4 nitrogen and oxygen atoms in total. The summed E-state index contributed by atoms with van der Waals surface area (Å²) in [5.41, 5.74) is 12.2. The normalized spacial score (nSPS) is 13.1. The number of allylic oxidation sites excluding steroid dienone is 1. The Morgan fingerprint density at radius 2 is 1.18 bits per heavy atom. The molecule has 2 aliphatic carbocycles. The van der Waals surface area contributed by atoms with Crippen molar-refractivity contribution in [2.75, 3.05) is 0 Å². The minimum atomic E-state index is 0.635. The second-order valence-corrected chi connectivity index (χ2v) is 13.0. The van der Waals surface area contributed by atoms with Gasteiger partial charge in [0.2, 0.25) is 0 Å². The summed E-state index contributed by atoms with van der Waals surface area (Å²) < 4.78 is 6.74. The first-order valence-corrected chi connectivity index (χ1v) is 16.8. The monoisotopic (exact) mass is 625 g/mol. The highest BCUT2D eigenvalue weighted by molar-refractivity contribution is 6.27. The van der Waals surface area contributed by atoms with Crippen molar-refractivity contribution in [3.8, 4) is 56.4 Å². The summed E-state index contributed by atoms with van der Waals surface area (Å²) in [4.78, 5) is 15.7. The van der Waals surface area contributed by atoms with Crippen LogP contribution in [0.4, 0.5) is 0 Å². The maximum atomic E-state index is 6.74. The van der Waals surface area contributed by atoms with Crippen molar-refractivity contribution in [3.05, 3.63) is 145 Å². The van der Waals surface area contributed by atoms with E-state index in [2.05, 4.69) is 115 Å². The lowest BCUT2D eigenvalue weighted by molar-refractivity contribution is 0.673. The average molecular weight is 626 g/mol. The molecule has 0 radical (unpaired) electrons. The van der Waals surface area contributed by atoms with Gasteiger partial charge < -0.3 is 4.42 Å². The van der Waals surface area contributed by atoms with Crippen molar-refractivity contribution in [1.29, 1.82) is 0 Å². The molecular formula is C45H27N3O. The molecule has 0 amide bonds. The Morgan fingerprint density at radius 3 is 2.08 bits per heavy atom. The molecule has 11 rings (SSSR count). The topological polar surface area (TPSA) is 51.8 Å². The Morgan fingerprint density at radius 1 is 0.490 bits per heavy atom. The third-order valence-electron chi connectivity index (χ3n) is 10.3. The Balaban J connectivity index is 1.22. The molecular weight excluding hydrogens is 599 g/mol. The summed E-state index contributed by atoms with van der Waals surface area (Å²) in [5, 5.41) is 6.90. The van der Waals surface area contributed by atoms with Gasteiger partial charge >= 0.3 is 0 Å². The van der Waals surface area contributed by atoms with E-state index < -0.39 is 0 Å². The molecule has 2 aromatic heterocycles. The first kappa shape index (κ1) is 26.7. The van der Waals surface area contributed by atoms with Crippen LogP contribution in [0.5, 0.6) is 0 Å². The van der Waals surface area contributed by atoms with Crippen LogP contribution in [0.15, 0.2) is 138 Å². The van der Waals surface area contributed by atoms with Crippen LogP contribution in [0.3, 0.4) is 0 Å². The van der Waals surface area contributed by atoms with E-state index in [1.54, 1.807) is 0 Å². The van der Waals surface area contributed by atoms with Gasteiger partial charge in [0.15, 0.2) is 17.5 Å². The molecule has 0 aliphatic heterocycles. The standard InChI is InChI=1S/C45H27N3O/c1-2-12-26(13-3-1)43-46-44(48-45(47-43)37-24-27-14-4-5-15-28(27)29-16-6-9-19-32(29)37)35-22-11-23-39-41(35)38-25-36-31-18-8-7-17-30(31)33-20-10-21-34(40(33)36)42(38)49-39/h1-8,10-18,20-25H,9,19H2. The second kappa shape index (κ2) is 10.1. The fraction of sp³-hybridized carbons (Fsp3) is 0.0444. The highest BCUT2D eigenvalue weighted by Crippen LogP contribution is 2.51. The van der Waals surface area contributed by atoms with Crippen LogP contribution in [0, 0.1) is 0 Å². The van der Waals surface area contributed by atoms with Gasteiger partial charge in [-0.1, -0.05) is 121 Å². The van der Waals surface area contributed by atoms with Crippen molar-refractivity contribution in [1.82, 2.24) is 15.0 Å². The third-order valence-corrected chi connectivity index (χ3v) is 10.3. The quantitative estimate of drug-likeness (QED) is 0.196. The summed E-state index contributed by atoms with van der Waals surface area (Å²) in [6.45, 7) is 0. The van der Waals surface area contributed by atoms with Gasteiger partial charge in [-0.2, -0.15) is 0 Å². The van der Waals surface area contributed by atoms with Gasteiger partial charge in [-0.05, 0) is 75.2 Å². The van der Waals surface area contributed by atoms with Crippen LogP contribution in [-0.2, 0) is 6.42 Å². The Hall–Kier alpha value is -6.39. The van der Waals surface area contributed by atoms with Crippen LogP contribution < -0.4 is 0 Å². The molecule has 228 valence electrons. The molecule has 0 fully saturated rings. The minimum absolute atomic E-state index is 0.635. The second-order valence-electron chi connectivity index (χ2n) is 13.0. The van der Waals surface area contributed by atoms with E-state index in [-0.39, 0.29) is 0 Å². The predicted molar refractivity (Wildman–Crippen MR) is 200 cm³/mol. The van der Waals surface area contributed by atoms with Crippen molar-refractivity contribution in [2.24, 2.45) is 0 Å². The van der Waals surface area contributed by atoms with Gasteiger partial charge in [-0.3, -0.25) is 0 Å². The number of furan rings is 1. The van der Waals surface area contributed by atoms with E-state index in [1.807, 2.05) is 24.3 Å². The number of rotatable bonds is 3. The maximum absolute atomic E-state index is 6.74. The molecule has 9 aromatic rings. The van der Waals surface area contributed by atoms with E-state index in [0.717, 1.165) is 56.9 Å². The van der Waals surface area contributed by atoms with Crippen molar-refractivity contribution in [3.63, 3.8) is 0 Å². The zero-order chi connectivity index (χ0) is 32.1. The fourth-order valence-electron chi connectivity index (χ4n) is 8.17. The predicted octanol–water partition coefficient (Wildman–Crippen LogP) is 11.7. The van der Waals surface area contributed by atoms with Gasteiger partial charge in [-0.25, -0.2) is 15.0 Å². The van der Waals surface area contributed by atoms with Crippen molar-refractivity contribution < 1.29 is 4.42 Å². The number of hydrogen-bond acceptors (Lipinski definition) is 4. The van der Waals surface area contributed by atoms with Gasteiger partial charge in [0.05, 0.1) is 0 Å². The molecule has 0 spiro atoms. The lowest BCUT2D eigenvalue weighted by atomic mass is 9.88. The average Bonchev–Trinajstić information content (AvgIpc) is 3.72. The molecule has 49 heavy (non-hydrogen) atoms. The summed E-state index contributed by atoms with van der Waals surface area (Å²) in [6, 6.07) is 44.9. The van der Waals surface area contributed by atoms with Crippen LogP contribution in [0.2, 0.25) is 0 Å². The first-order chi connectivity index (χ1) is 24.3. The summed E-state index contributed by atoms with van der Waals surface area (Å²) in [5.74, 6) is 1.98. The summed E-state index contributed by atoms with van der Waals surface area (Å²) >= 11 is 0. The number of benzene rings is 7. The lowest BCUT2D eigenvalue weighted by Crippen LogP contribution is -2.05. The lowest BCUT2D eigenvalue weighted by Gasteiger charge is -2.18. The van der Waals surface area contributed by atoms with Crippen LogP contribution in [-0.4, -0.2) is 15.0 Å². The number of fused-ring (bicyclic) bond motifs is 10. The molecule has 0 bridgehead atoms. The number of aromatic nitrogens is 3. The highest BCUT2D eigenvalue weighted by atomic mass is 16.3. The minimum Gasteiger partial charge on any atom is -0.455 e. The van der Waals surface area contributed by atoms with Crippen LogP contribution in [0.25, 0.3) is 106 Å². The first-order valence-electron chi connectivity index (χ1n) is 16.8.